The minimum Gasteiger partial charge on any atom is -0.341 e. The van der Waals surface area contributed by atoms with Gasteiger partial charge in [-0.15, -0.1) is 0 Å². The molecule has 1 aromatic rings. The zero-order chi connectivity index (χ0) is 18.4. The summed E-state index contributed by atoms with van der Waals surface area (Å²) < 4.78 is 13.1. The molecule has 136 valence electrons. The summed E-state index contributed by atoms with van der Waals surface area (Å²) in [6, 6.07) is 8.23. The number of halogens is 1. The molecule has 0 N–H and O–H groups in total. The summed E-state index contributed by atoms with van der Waals surface area (Å²) in [7, 11) is 0. The van der Waals surface area contributed by atoms with Crippen molar-refractivity contribution in [1.82, 2.24) is 4.90 Å². The van der Waals surface area contributed by atoms with Crippen LogP contribution in [0.15, 0.2) is 24.3 Å². The predicted octanol–water partition coefficient (Wildman–Crippen LogP) is 2.87. The van der Waals surface area contributed by atoms with Crippen LogP contribution < -0.4 is 4.90 Å². The van der Waals surface area contributed by atoms with Crippen molar-refractivity contribution in [2.75, 3.05) is 24.5 Å². The number of nitriles is 1. The van der Waals surface area contributed by atoms with Gasteiger partial charge in [-0.25, -0.2) is 4.39 Å². The maximum atomic E-state index is 13.1. The van der Waals surface area contributed by atoms with E-state index in [0.717, 1.165) is 19.3 Å². The molecule has 2 aliphatic heterocycles. The van der Waals surface area contributed by atoms with Gasteiger partial charge in [0.1, 0.15) is 11.2 Å². The van der Waals surface area contributed by atoms with E-state index in [4.69, 9.17) is 0 Å². The van der Waals surface area contributed by atoms with Gasteiger partial charge < -0.3 is 9.80 Å². The molecule has 26 heavy (non-hydrogen) atoms. The zero-order valence-corrected chi connectivity index (χ0v) is 14.7. The van der Waals surface area contributed by atoms with Gasteiger partial charge in [0.05, 0.1) is 6.07 Å². The Morgan fingerprint density at radius 1 is 1.12 bits per heavy atom. The molecule has 5 nitrogen and oxygen atoms in total. The van der Waals surface area contributed by atoms with Crippen molar-refractivity contribution in [2.45, 2.75) is 38.5 Å². The van der Waals surface area contributed by atoms with E-state index >= 15 is 0 Å². The molecule has 1 aromatic carbocycles. The second-order valence-corrected chi connectivity index (χ2v) is 8.01. The van der Waals surface area contributed by atoms with E-state index in [0.29, 0.717) is 44.6 Å². The Balaban J connectivity index is 1.50. The molecular weight excluding hydrogens is 333 g/mol. The Morgan fingerprint density at radius 3 is 2.46 bits per heavy atom. The molecule has 0 bridgehead atoms. The first kappa shape index (κ1) is 17.0. The van der Waals surface area contributed by atoms with Crippen LogP contribution in [0.3, 0.4) is 0 Å². The quantitative estimate of drug-likeness (QED) is 0.819. The highest BCUT2D eigenvalue weighted by atomic mass is 19.1. The smallest absolute Gasteiger partial charge is 0.243 e. The lowest BCUT2D eigenvalue weighted by Gasteiger charge is -2.28. The molecule has 1 atom stereocenters. The lowest BCUT2D eigenvalue weighted by atomic mass is 9.85. The van der Waals surface area contributed by atoms with Gasteiger partial charge in [0, 0.05) is 37.2 Å². The fourth-order valence-electron chi connectivity index (χ4n) is 4.79. The molecule has 6 heteroatoms. The summed E-state index contributed by atoms with van der Waals surface area (Å²) in [5, 5.41) is 9.57. The molecule has 1 saturated carbocycles. The third-order valence-electron chi connectivity index (χ3n) is 6.27. The third-order valence-corrected chi connectivity index (χ3v) is 6.27. The fourth-order valence-corrected chi connectivity index (χ4v) is 4.79. The molecule has 3 aliphatic rings. The lowest BCUT2D eigenvalue weighted by molar-refractivity contribution is -0.138. The number of hydrogen-bond acceptors (Lipinski definition) is 3. The summed E-state index contributed by atoms with van der Waals surface area (Å²) in [5.41, 5.74) is -0.413. The number of hydrogen-bond donors (Lipinski definition) is 0. The first-order chi connectivity index (χ1) is 12.5. The van der Waals surface area contributed by atoms with Gasteiger partial charge in [0.25, 0.3) is 0 Å². The summed E-state index contributed by atoms with van der Waals surface area (Å²) in [5.74, 6) is -0.366. The minimum absolute atomic E-state index is 0.0155. The van der Waals surface area contributed by atoms with Crippen LogP contribution >= 0.6 is 0 Å². The molecule has 0 aromatic heterocycles. The van der Waals surface area contributed by atoms with Crippen LogP contribution in [0.25, 0.3) is 0 Å². The summed E-state index contributed by atoms with van der Waals surface area (Å²) in [6.45, 7) is 1.67. The Labute approximate surface area is 152 Å². The van der Waals surface area contributed by atoms with Crippen LogP contribution in [0.4, 0.5) is 10.1 Å². The molecule has 3 fully saturated rings. The van der Waals surface area contributed by atoms with Gasteiger partial charge in [0.15, 0.2) is 0 Å². The second-order valence-electron chi connectivity index (χ2n) is 8.01. The van der Waals surface area contributed by atoms with E-state index in [1.807, 2.05) is 0 Å². The first-order valence-electron chi connectivity index (χ1n) is 9.24. The van der Waals surface area contributed by atoms with Crippen molar-refractivity contribution < 1.29 is 14.0 Å². The highest BCUT2D eigenvalue weighted by Gasteiger charge is 2.52. The number of nitrogens with zero attached hydrogens (tertiary/aromatic N) is 3. The maximum Gasteiger partial charge on any atom is 0.243 e. The molecule has 2 saturated heterocycles. The maximum absolute atomic E-state index is 13.1. The molecule has 0 radical (unpaired) electrons. The standard InChI is InChI=1S/C20H22FN3O2/c21-15-3-5-16(6-4-15)24-14-19(11-17(24)25)9-10-23(13-19)18(26)20(12-22)7-1-2-8-20/h3-6H,1-2,7-11,13-14H2. The summed E-state index contributed by atoms with van der Waals surface area (Å²) in [4.78, 5) is 29.0. The minimum atomic E-state index is -0.856. The number of carbonyl (C=O) groups excluding carboxylic acids is 2. The second kappa shape index (κ2) is 6.08. The summed E-state index contributed by atoms with van der Waals surface area (Å²) in [6.07, 6.45) is 4.31. The number of rotatable bonds is 2. The van der Waals surface area contributed by atoms with Gasteiger partial charge in [-0.05, 0) is 43.5 Å². The number of anilines is 1. The Kier molecular flexibility index (Phi) is 3.98. The van der Waals surface area contributed by atoms with Crippen molar-refractivity contribution in [3.05, 3.63) is 30.1 Å². The van der Waals surface area contributed by atoms with E-state index in [1.165, 1.54) is 12.1 Å². The van der Waals surface area contributed by atoms with E-state index in [2.05, 4.69) is 6.07 Å². The number of likely N-dealkylation sites (tertiary alicyclic amines) is 1. The van der Waals surface area contributed by atoms with Crippen molar-refractivity contribution >= 4 is 17.5 Å². The molecule has 2 amide bonds. The van der Waals surface area contributed by atoms with Crippen molar-refractivity contribution in [3.8, 4) is 6.07 Å². The van der Waals surface area contributed by atoms with Crippen LogP contribution in [0.1, 0.15) is 38.5 Å². The van der Waals surface area contributed by atoms with Crippen LogP contribution in [0, 0.1) is 28.0 Å². The first-order valence-corrected chi connectivity index (χ1v) is 9.24. The molecule has 1 unspecified atom stereocenters. The number of benzene rings is 1. The van der Waals surface area contributed by atoms with Crippen LogP contribution in [0.5, 0.6) is 0 Å². The van der Waals surface area contributed by atoms with Gasteiger partial charge in [0.2, 0.25) is 11.8 Å². The monoisotopic (exact) mass is 355 g/mol. The third kappa shape index (κ3) is 2.66. The fraction of sp³-hybridized carbons (Fsp3) is 0.550. The van der Waals surface area contributed by atoms with Crippen molar-refractivity contribution in [2.24, 2.45) is 10.8 Å². The summed E-state index contributed by atoms with van der Waals surface area (Å²) >= 11 is 0. The van der Waals surface area contributed by atoms with Crippen molar-refractivity contribution in [3.63, 3.8) is 0 Å². The normalized spacial score (nSPS) is 27.3. The molecule has 1 aliphatic carbocycles. The Bertz CT molecular complexity index is 779. The molecule has 4 rings (SSSR count). The molecule has 1 spiro atoms. The average Bonchev–Trinajstić information content (AvgIpc) is 3.35. The molecule has 2 heterocycles. The van der Waals surface area contributed by atoms with Crippen LogP contribution in [-0.4, -0.2) is 36.3 Å². The Hall–Kier alpha value is -2.42. The lowest BCUT2D eigenvalue weighted by Crippen LogP contribution is -2.42. The number of amides is 2. The van der Waals surface area contributed by atoms with Crippen molar-refractivity contribution in [1.29, 1.82) is 5.26 Å². The van der Waals surface area contributed by atoms with E-state index in [-0.39, 0.29) is 23.0 Å². The predicted molar refractivity (Wildman–Crippen MR) is 93.5 cm³/mol. The van der Waals surface area contributed by atoms with Crippen LogP contribution in [-0.2, 0) is 9.59 Å². The van der Waals surface area contributed by atoms with Gasteiger partial charge in [-0.2, -0.15) is 5.26 Å². The SMILES string of the molecule is N#CC1(C(=O)N2CCC3(CC(=O)N(c4ccc(F)cc4)C3)C2)CCCC1. The highest BCUT2D eigenvalue weighted by molar-refractivity contribution is 5.96. The largest absolute Gasteiger partial charge is 0.341 e. The van der Waals surface area contributed by atoms with Gasteiger partial charge in [-0.3, -0.25) is 9.59 Å². The topological polar surface area (TPSA) is 64.4 Å². The van der Waals surface area contributed by atoms with E-state index in [1.54, 1.807) is 21.9 Å². The van der Waals surface area contributed by atoms with E-state index in [9.17, 15) is 19.2 Å². The Morgan fingerprint density at radius 2 is 1.81 bits per heavy atom. The highest BCUT2D eigenvalue weighted by Crippen LogP contribution is 2.45. The zero-order valence-electron chi connectivity index (χ0n) is 14.7. The molecular formula is C20H22FN3O2. The average molecular weight is 355 g/mol. The van der Waals surface area contributed by atoms with Crippen LogP contribution in [0.2, 0.25) is 0 Å². The van der Waals surface area contributed by atoms with E-state index < -0.39 is 5.41 Å². The van der Waals surface area contributed by atoms with Gasteiger partial charge >= 0.3 is 0 Å². The van der Waals surface area contributed by atoms with Gasteiger partial charge in [-0.1, -0.05) is 12.8 Å². The number of carbonyl (C=O) groups is 2.